The molecule has 0 aliphatic carbocycles. The Bertz CT molecular complexity index is 1450. The molecular formula is C20H21N7O3S. The molecule has 3 heterocycles. The number of H-pyrrole nitrogens is 1. The molecule has 0 saturated heterocycles. The van der Waals surface area contributed by atoms with Gasteiger partial charge in [0, 0.05) is 31.1 Å². The van der Waals surface area contributed by atoms with E-state index in [2.05, 4.69) is 30.7 Å². The van der Waals surface area contributed by atoms with Crippen LogP contribution in [0.5, 0.6) is 0 Å². The van der Waals surface area contributed by atoms with Crippen LogP contribution >= 0.6 is 0 Å². The third-order valence-corrected chi connectivity index (χ3v) is 5.74. The molecule has 1 aromatic carbocycles. The van der Waals surface area contributed by atoms with Crippen LogP contribution in [0.2, 0.25) is 0 Å². The van der Waals surface area contributed by atoms with Gasteiger partial charge in [-0.05, 0) is 26.0 Å². The molecule has 160 valence electrons. The monoisotopic (exact) mass is 439 g/mol. The number of fused-ring (bicyclic) bond motifs is 1. The van der Waals surface area contributed by atoms with Gasteiger partial charge in [-0.1, -0.05) is 12.1 Å². The lowest BCUT2D eigenvalue weighted by Crippen LogP contribution is -2.12. The first-order valence-electron chi connectivity index (χ1n) is 9.37. The minimum atomic E-state index is -3.48. The topological polar surface area (TPSA) is 135 Å². The number of benzene rings is 1. The summed E-state index contributed by atoms with van der Waals surface area (Å²) in [5.74, 6) is 1.58. The van der Waals surface area contributed by atoms with E-state index in [-0.39, 0.29) is 10.5 Å². The Morgan fingerprint density at radius 3 is 2.39 bits per heavy atom. The number of anilines is 4. The van der Waals surface area contributed by atoms with Crippen LogP contribution in [0.4, 0.5) is 23.0 Å². The van der Waals surface area contributed by atoms with Crippen molar-refractivity contribution in [1.82, 2.24) is 24.7 Å². The predicted molar refractivity (Wildman–Crippen MR) is 119 cm³/mol. The highest BCUT2D eigenvalue weighted by Crippen LogP contribution is 2.30. The summed E-state index contributed by atoms with van der Waals surface area (Å²) in [5, 5.41) is 9.45. The standard InChI is InChI=1S/C20H21N7O3S/c1-11-9-16(22-12(2)21-11)24-17-10-14(18-19(25-17)26-27(3)20(18)28)23-13-7-5-6-8-15(13)31(4,29)30/h5-10H,1-4H3,(H3,21,22,23,24,25,26). The van der Waals surface area contributed by atoms with Crippen LogP contribution in [0.15, 0.2) is 46.1 Å². The molecule has 0 bridgehead atoms. The number of nitrogens with one attached hydrogen (secondary N) is 3. The first-order valence-corrected chi connectivity index (χ1v) is 11.3. The van der Waals surface area contributed by atoms with Gasteiger partial charge >= 0.3 is 0 Å². The number of hydrogen-bond acceptors (Lipinski definition) is 8. The van der Waals surface area contributed by atoms with Gasteiger partial charge in [0.15, 0.2) is 15.5 Å². The van der Waals surface area contributed by atoms with Gasteiger partial charge in [-0.15, -0.1) is 0 Å². The number of aryl methyl sites for hydroxylation is 3. The summed E-state index contributed by atoms with van der Waals surface area (Å²) in [4.78, 5) is 25.9. The molecular weight excluding hydrogens is 418 g/mol. The molecule has 3 aromatic heterocycles. The van der Waals surface area contributed by atoms with Crippen molar-refractivity contribution < 1.29 is 8.42 Å². The average molecular weight is 440 g/mol. The van der Waals surface area contributed by atoms with E-state index >= 15 is 0 Å². The van der Waals surface area contributed by atoms with Gasteiger partial charge in [0.1, 0.15) is 22.8 Å². The second-order valence-corrected chi connectivity index (χ2v) is 9.20. The molecule has 10 nitrogen and oxygen atoms in total. The van der Waals surface area contributed by atoms with E-state index in [1.165, 1.54) is 10.7 Å². The summed E-state index contributed by atoms with van der Waals surface area (Å²) >= 11 is 0. The summed E-state index contributed by atoms with van der Waals surface area (Å²) in [5.41, 5.74) is 1.62. The van der Waals surface area contributed by atoms with E-state index in [1.54, 1.807) is 44.3 Å². The normalized spacial score (nSPS) is 11.6. The van der Waals surface area contributed by atoms with Gasteiger partial charge in [0.05, 0.1) is 16.3 Å². The molecule has 0 atom stereocenters. The fraction of sp³-hybridized carbons (Fsp3) is 0.200. The van der Waals surface area contributed by atoms with E-state index < -0.39 is 9.84 Å². The number of sulfone groups is 1. The minimum absolute atomic E-state index is 0.129. The van der Waals surface area contributed by atoms with Crippen molar-refractivity contribution in [1.29, 1.82) is 0 Å². The summed E-state index contributed by atoms with van der Waals surface area (Å²) in [7, 11) is -1.90. The molecule has 0 saturated carbocycles. The molecule has 0 spiro atoms. The quantitative estimate of drug-likeness (QED) is 0.432. The first-order chi connectivity index (χ1) is 14.6. The van der Waals surface area contributed by atoms with E-state index in [9.17, 15) is 13.2 Å². The zero-order valence-corrected chi connectivity index (χ0v) is 18.2. The second-order valence-electron chi connectivity index (χ2n) is 7.21. The van der Waals surface area contributed by atoms with Crippen molar-refractivity contribution in [2.45, 2.75) is 18.7 Å². The smallest absolute Gasteiger partial charge is 0.277 e. The maximum Gasteiger partial charge on any atom is 0.277 e. The Balaban J connectivity index is 1.86. The fourth-order valence-corrected chi connectivity index (χ4v) is 4.18. The van der Waals surface area contributed by atoms with Crippen molar-refractivity contribution in [3.05, 3.63) is 58.3 Å². The largest absolute Gasteiger partial charge is 0.354 e. The maximum atomic E-state index is 12.7. The molecule has 0 amide bonds. The van der Waals surface area contributed by atoms with Crippen LogP contribution in [0.1, 0.15) is 11.5 Å². The highest BCUT2D eigenvalue weighted by Gasteiger charge is 2.17. The SMILES string of the molecule is Cc1cc(Nc2cc(Nc3ccccc3S(C)(=O)=O)c3c(=O)n(C)[nH]c3n2)nc(C)n1. The van der Waals surface area contributed by atoms with Crippen molar-refractivity contribution in [3.8, 4) is 0 Å². The Kier molecular flexibility index (Phi) is 4.97. The lowest BCUT2D eigenvalue weighted by molar-refractivity contribution is 0.602. The van der Waals surface area contributed by atoms with Crippen molar-refractivity contribution in [2.75, 3.05) is 16.9 Å². The molecule has 31 heavy (non-hydrogen) atoms. The number of rotatable bonds is 5. The van der Waals surface area contributed by atoms with E-state index in [1.807, 2.05) is 6.92 Å². The second kappa shape index (κ2) is 7.51. The zero-order chi connectivity index (χ0) is 22.3. The van der Waals surface area contributed by atoms with Gasteiger partial charge in [0.25, 0.3) is 5.56 Å². The molecule has 3 N–H and O–H groups in total. The van der Waals surface area contributed by atoms with Crippen LogP contribution in [0.25, 0.3) is 11.0 Å². The average Bonchev–Trinajstić information content (AvgIpc) is 2.94. The first kappa shape index (κ1) is 20.5. The number of nitrogens with zero attached hydrogens (tertiary/aromatic N) is 4. The Morgan fingerprint density at radius 2 is 1.68 bits per heavy atom. The number of pyridine rings is 1. The number of hydrogen-bond donors (Lipinski definition) is 3. The van der Waals surface area contributed by atoms with Crippen molar-refractivity contribution in [3.63, 3.8) is 0 Å². The lowest BCUT2D eigenvalue weighted by atomic mass is 10.2. The highest BCUT2D eigenvalue weighted by atomic mass is 32.2. The maximum absolute atomic E-state index is 12.7. The van der Waals surface area contributed by atoms with Crippen molar-refractivity contribution >= 4 is 43.9 Å². The van der Waals surface area contributed by atoms with Gasteiger partial charge < -0.3 is 10.6 Å². The Hall–Kier alpha value is -3.73. The van der Waals surface area contributed by atoms with Gasteiger partial charge in [-0.2, -0.15) is 0 Å². The molecule has 4 rings (SSSR count). The fourth-order valence-electron chi connectivity index (χ4n) is 3.33. The van der Waals surface area contributed by atoms with Gasteiger partial charge in [0.2, 0.25) is 0 Å². The molecule has 0 aliphatic rings. The van der Waals surface area contributed by atoms with E-state index in [0.717, 1.165) is 11.9 Å². The summed E-state index contributed by atoms with van der Waals surface area (Å²) < 4.78 is 25.7. The van der Waals surface area contributed by atoms with Crippen LogP contribution in [0, 0.1) is 13.8 Å². The van der Waals surface area contributed by atoms with Crippen LogP contribution in [0.3, 0.4) is 0 Å². The van der Waals surface area contributed by atoms with Gasteiger partial charge in [-0.3, -0.25) is 14.6 Å². The molecule has 0 fully saturated rings. The van der Waals surface area contributed by atoms with E-state index in [4.69, 9.17) is 0 Å². The third kappa shape index (κ3) is 4.12. The molecule has 0 unspecified atom stereocenters. The van der Waals surface area contributed by atoms with Gasteiger partial charge in [-0.25, -0.2) is 23.4 Å². The van der Waals surface area contributed by atoms with Crippen LogP contribution < -0.4 is 16.2 Å². The third-order valence-electron chi connectivity index (χ3n) is 4.59. The molecule has 11 heteroatoms. The number of aromatic amines is 1. The highest BCUT2D eigenvalue weighted by molar-refractivity contribution is 7.90. The van der Waals surface area contributed by atoms with E-state index in [0.29, 0.717) is 39.9 Å². The van der Waals surface area contributed by atoms with Crippen LogP contribution in [-0.2, 0) is 16.9 Å². The zero-order valence-electron chi connectivity index (χ0n) is 17.4. The Morgan fingerprint density at radius 1 is 0.968 bits per heavy atom. The van der Waals surface area contributed by atoms with Crippen LogP contribution in [-0.4, -0.2) is 39.4 Å². The molecule has 0 radical (unpaired) electrons. The van der Waals surface area contributed by atoms with Crippen molar-refractivity contribution in [2.24, 2.45) is 7.05 Å². The Labute approximate surface area is 178 Å². The predicted octanol–water partition coefficient (Wildman–Crippen LogP) is 2.56. The lowest BCUT2D eigenvalue weighted by Gasteiger charge is -2.13. The minimum Gasteiger partial charge on any atom is -0.354 e. The number of para-hydroxylation sites is 1. The number of aromatic nitrogens is 5. The summed E-state index contributed by atoms with van der Waals surface area (Å²) in [6, 6.07) is 9.94. The molecule has 4 aromatic rings. The summed E-state index contributed by atoms with van der Waals surface area (Å²) in [6.07, 6.45) is 1.14. The summed E-state index contributed by atoms with van der Waals surface area (Å²) in [6.45, 7) is 3.65. The molecule has 0 aliphatic heterocycles.